The molecule has 0 amide bonds. The fourth-order valence-electron chi connectivity index (χ4n) is 3.42. The number of fused-ring (bicyclic) bond motifs is 1. The fraction of sp³-hybridized carbons (Fsp3) is 0.273. The normalized spacial score (nSPS) is 18.0. The van der Waals surface area contributed by atoms with Gasteiger partial charge in [-0.3, -0.25) is 0 Å². The van der Waals surface area contributed by atoms with Crippen LogP contribution in [-0.2, 0) is 4.74 Å². The van der Waals surface area contributed by atoms with E-state index in [0.29, 0.717) is 29.0 Å². The summed E-state index contributed by atoms with van der Waals surface area (Å²) >= 11 is 0. The van der Waals surface area contributed by atoms with Crippen molar-refractivity contribution >= 4 is 22.7 Å². The largest absolute Gasteiger partial charge is 0.464 e. The van der Waals surface area contributed by atoms with Gasteiger partial charge in [0, 0.05) is 42.6 Å². The first kappa shape index (κ1) is 21.8. The number of aromatic amines is 1. The Morgan fingerprint density at radius 3 is 2.71 bits per heavy atom. The van der Waals surface area contributed by atoms with Crippen LogP contribution in [0.25, 0.3) is 22.5 Å². The summed E-state index contributed by atoms with van der Waals surface area (Å²) in [5.74, 6) is -1.73. The number of nitrogens with zero attached hydrogens (tertiary/aromatic N) is 4. The number of hydrogen-bond acceptors (Lipinski definition) is 9. The molecule has 0 bridgehead atoms. The van der Waals surface area contributed by atoms with Gasteiger partial charge in [0.15, 0.2) is 17.4 Å². The van der Waals surface area contributed by atoms with Crippen molar-refractivity contribution in [1.82, 2.24) is 20.2 Å². The summed E-state index contributed by atoms with van der Waals surface area (Å²) in [4.78, 5) is 11.4. The molecule has 3 aromatic heterocycles. The molecule has 5 rings (SSSR count). The lowest BCUT2D eigenvalue weighted by Crippen LogP contribution is -2.38. The highest BCUT2D eigenvalue weighted by Gasteiger charge is 2.29. The lowest BCUT2D eigenvalue weighted by Gasteiger charge is -2.30. The van der Waals surface area contributed by atoms with Gasteiger partial charge < -0.3 is 29.3 Å². The molecule has 0 aliphatic carbocycles. The van der Waals surface area contributed by atoms with Crippen molar-refractivity contribution in [2.45, 2.75) is 13.8 Å². The molecule has 1 aromatic carbocycles. The van der Waals surface area contributed by atoms with Crippen LogP contribution in [-0.4, -0.2) is 51.1 Å². The average molecular weight is 470 g/mol. The third kappa shape index (κ3) is 4.03. The number of hydrogen-bond donors (Lipinski definition) is 3. The minimum absolute atomic E-state index is 0.0870. The number of benzene rings is 1. The van der Waals surface area contributed by atoms with Crippen LogP contribution in [0.15, 0.2) is 40.0 Å². The maximum Gasteiger partial charge on any atom is 0.289 e. The van der Waals surface area contributed by atoms with Crippen molar-refractivity contribution in [3.63, 3.8) is 0 Å². The monoisotopic (exact) mass is 470 g/mol. The zero-order valence-electron chi connectivity index (χ0n) is 18.2. The van der Waals surface area contributed by atoms with Gasteiger partial charge in [0.1, 0.15) is 18.0 Å². The molecule has 1 unspecified atom stereocenters. The number of ether oxygens (including phenoxy) is 2. The van der Waals surface area contributed by atoms with E-state index in [1.807, 2.05) is 6.92 Å². The third-order valence-electron chi connectivity index (χ3n) is 5.30. The number of aliphatic imine (C=N–C) groups is 1. The maximum absolute atomic E-state index is 14.9. The summed E-state index contributed by atoms with van der Waals surface area (Å²) in [6, 6.07) is 3.74. The third-order valence-corrected chi connectivity index (χ3v) is 5.30. The Kier molecular flexibility index (Phi) is 5.36. The van der Waals surface area contributed by atoms with Crippen molar-refractivity contribution < 1.29 is 27.8 Å². The van der Waals surface area contributed by atoms with Crippen LogP contribution in [0.3, 0.4) is 0 Å². The molecule has 0 spiro atoms. The van der Waals surface area contributed by atoms with Gasteiger partial charge in [0.25, 0.3) is 6.02 Å². The molecule has 34 heavy (non-hydrogen) atoms. The lowest BCUT2D eigenvalue weighted by molar-refractivity contribution is 0.0706. The minimum Gasteiger partial charge on any atom is -0.464 e. The highest BCUT2D eigenvalue weighted by molar-refractivity contribution is 5.96. The van der Waals surface area contributed by atoms with Gasteiger partial charge in [-0.25, -0.2) is 18.8 Å². The van der Waals surface area contributed by atoms with Gasteiger partial charge in [-0.1, -0.05) is 6.92 Å². The van der Waals surface area contributed by atoms with E-state index in [-0.39, 0.29) is 36.6 Å². The molecule has 4 aromatic rings. The molecule has 12 heteroatoms. The molecular weight excluding hydrogens is 450 g/mol. The molecule has 1 aliphatic heterocycles. The number of anilines is 1. The summed E-state index contributed by atoms with van der Waals surface area (Å²) in [5, 5.41) is 20.4. The summed E-state index contributed by atoms with van der Waals surface area (Å²) in [5.41, 5.74) is 0.508. The van der Waals surface area contributed by atoms with Crippen molar-refractivity contribution in [2.24, 2.45) is 10.4 Å². The van der Waals surface area contributed by atoms with Gasteiger partial charge in [-0.05, 0) is 6.07 Å². The van der Waals surface area contributed by atoms with E-state index in [0.717, 1.165) is 12.1 Å². The van der Waals surface area contributed by atoms with Crippen LogP contribution in [0.5, 0.6) is 11.5 Å². The quantitative estimate of drug-likeness (QED) is 0.402. The van der Waals surface area contributed by atoms with E-state index < -0.39 is 22.8 Å². The Bertz CT molecular complexity index is 1380. The van der Waals surface area contributed by atoms with E-state index in [1.165, 1.54) is 12.3 Å². The number of halogens is 2. The number of nitrogens with one attached hydrogen (secondary N) is 2. The van der Waals surface area contributed by atoms with Gasteiger partial charge in [-0.15, -0.1) is 10.2 Å². The number of pyridine rings is 1. The summed E-state index contributed by atoms with van der Waals surface area (Å²) < 4.78 is 46.4. The van der Waals surface area contributed by atoms with E-state index in [9.17, 15) is 13.9 Å². The number of aryl methyl sites for hydroxylation is 1. The van der Waals surface area contributed by atoms with E-state index in [2.05, 4.69) is 30.5 Å². The van der Waals surface area contributed by atoms with Crippen LogP contribution in [0.2, 0.25) is 0 Å². The maximum atomic E-state index is 14.9. The van der Waals surface area contributed by atoms with E-state index >= 15 is 0 Å². The summed E-state index contributed by atoms with van der Waals surface area (Å²) in [6.45, 7) is 3.92. The SMILES string of the molecule is Cc1nnc(-c2c[nH]c3nccc(Oc4c(F)cc(NC5=NCC(C)(CO)CO5)cc4F)c23)o1. The topological polar surface area (TPSA) is 131 Å². The molecule has 4 heterocycles. The molecule has 3 N–H and O–H groups in total. The molecular formula is C22H20F2N6O4. The molecule has 0 fully saturated rings. The summed E-state index contributed by atoms with van der Waals surface area (Å²) in [6.07, 6.45) is 3.05. The van der Waals surface area contributed by atoms with Crippen molar-refractivity contribution in [3.05, 3.63) is 48.1 Å². The predicted molar refractivity (Wildman–Crippen MR) is 118 cm³/mol. The molecule has 1 atom stereocenters. The molecule has 0 saturated heterocycles. The minimum atomic E-state index is -0.935. The smallest absolute Gasteiger partial charge is 0.289 e. The second-order valence-corrected chi connectivity index (χ2v) is 8.24. The lowest BCUT2D eigenvalue weighted by atomic mass is 9.93. The van der Waals surface area contributed by atoms with E-state index in [4.69, 9.17) is 13.9 Å². The molecule has 10 nitrogen and oxygen atoms in total. The zero-order valence-corrected chi connectivity index (χ0v) is 18.2. The first-order chi connectivity index (χ1) is 16.3. The van der Waals surface area contributed by atoms with Crippen LogP contribution >= 0.6 is 0 Å². The van der Waals surface area contributed by atoms with Gasteiger partial charge in [0.05, 0.1) is 24.1 Å². The summed E-state index contributed by atoms with van der Waals surface area (Å²) in [7, 11) is 0. The molecule has 1 aliphatic rings. The number of rotatable bonds is 5. The highest BCUT2D eigenvalue weighted by Crippen LogP contribution is 2.38. The standard InChI is InChI=1S/C22H20F2N6O4/c1-11-29-30-20(33-11)13-7-26-19-17(13)16(3-4-25-19)34-18-14(23)5-12(6-15(18)24)28-21-27-8-22(2,9-31)10-32-21/h3-7,31H,8-10H2,1-2H3,(H,25,26)(H,27,28). The Hall–Kier alpha value is -4.06. The number of aliphatic hydroxyl groups excluding tert-OH is 1. The van der Waals surface area contributed by atoms with Crippen molar-refractivity contribution in [1.29, 1.82) is 0 Å². The Morgan fingerprint density at radius 1 is 1.26 bits per heavy atom. The van der Waals surface area contributed by atoms with E-state index in [1.54, 1.807) is 13.1 Å². The van der Waals surface area contributed by atoms with Crippen molar-refractivity contribution in [3.8, 4) is 23.0 Å². The molecule has 0 radical (unpaired) electrons. The number of amidine groups is 1. The molecule has 176 valence electrons. The predicted octanol–water partition coefficient (Wildman–Crippen LogP) is 3.79. The second-order valence-electron chi connectivity index (χ2n) is 8.24. The highest BCUT2D eigenvalue weighted by atomic mass is 19.1. The van der Waals surface area contributed by atoms with Crippen LogP contribution in [0.4, 0.5) is 14.5 Å². The Labute approximate surface area is 191 Å². The second kappa shape index (κ2) is 8.37. The Balaban J connectivity index is 1.43. The van der Waals surface area contributed by atoms with Crippen LogP contribution in [0.1, 0.15) is 12.8 Å². The first-order valence-electron chi connectivity index (χ1n) is 10.3. The van der Waals surface area contributed by atoms with Gasteiger partial charge >= 0.3 is 0 Å². The zero-order chi connectivity index (χ0) is 23.9. The first-order valence-corrected chi connectivity index (χ1v) is 10.3. The molecule has 0 saturated carbocycles. The van der Waals surface area contributed by atoms with Gasteiger partial charge in [0.2, 0.25) is 11.8 Å². The number of aromatic nitrogens is 4. The van der Waals surface area contributed by atoms with Gasteiger partial charge in [-0.2, -0.15) is 0 Å². The number of H-pyrrole nitrogens is 1. The average Bonchev–Trinajstić information content (AvgIpc) is 3.44. The fourth-order valence-corrected chi connectivity index (χ4v) is 3.42. The van der Waals surface area contributed by atoms with Crippen LogP contribution < -0.4 is 10.1 Å². The Morgan fingerprint density at radius 2 is 2.06 bits per heavy atom. The number of aliphatic hydroxyl groups is 1. The van der Waals surface area contributed by atoms with Crippen LogP contribution in [0, 0.1) is 24.0 Å². The van der Waals surface area contributed by atoms with Crippen molar-refractivity contribution in [2.75, 3.05) is 25.1 Å².